The Morgan fingerprint density at radius 3 is 2.50 bits per heavy atom. The summed E-state index contributed by atoms with van der Waals surface area (Å²) in [5.74, 6) is -0.0865. The number of aromatic amines is 1. The van der Waals surface area contributed by atoms with Gasteiger partial charge in [-0.3, -0.25) is 9.59 Å². The fraction of sp³-hybridized carbons (Fsp3) is 0.276. The standard InChI is InChI=1S/C22H26N10O.C7H5N3O3/c1-14(2)32-28-20(27-29-32)15-4-3-5-17(12-15)26-21-19-18(8-11-31(19)25-13-24-21)22(33)30-9-6-16(23)7-10-30;11-6-5-4(7(12)13)1-2-10(5)9-3-8-6/h3-5,8,11-14,16H,6-7,9-10,23H2,1-2H3,(H,24,25,26);1-3H,(H,12,13)(H,8,9,11). The zero-order valence-electron chi connectivity index (χ0n) is 25.0. The molecule has 1 aliphatic rings. The van der Waals surface area contributed by atoms with Crippen LogP contribution in [0.15, 0.2) is 66.2 Å². The Morgan fingerprint density at radius 2 is 1.78 bits per heavy atom. The number of piperidine rings is 1. The number of fused-ring (bicyclic) bond motifs is 2. The van der Waals surface area contributed by atoms with Gasteiger partial charge in [-0.1, -0.05) is 12.1 Å². The third kappa shape index (κ3) is 6.03. The van der Waals surface area contributed by atoms with Crippen molar-refractivity contribution in [3.05, 3.63) is 82.9 Å². The van der Waals surface area contributed by atoms with Crippen LogP contribution in [0.1, 0.15) is 53.4 Å². The van der Waals surface area contributed by atoms with Gasteiger partial charge in [0.25, 0.3) is 11.5 Å². The third-order valence-corrected chi connectivity index (χ3v) is 7.47. The molecule has 0 unspecified atom stereocenters. The summed E-state index contributed by atoms with van der Waals surface area (Å²) >= 11 is 0. The lowest BCUT2D eigenvalue weighted by molar-refractivity contribution is 0.0695. The molecule has 236 valence electrons. The maximum Gasteiger partial charge on any atom is 0.338 e. The minimum atomic E-state index is -1.14. The van der Waals surface area contributed by atoms with E-state index in [2.05, 4.69) is 40.9 Å². The van der Waals surface area contributed by atoms with Crippen LogP contribution in [-0.2, 0) is 0 Å². The van der Waals surface area contributed by atoms with E-state index in [0.717, 1.165) is 24.1 Å². The molecule has 5 aromatic heterocycles. The zero-order chi connectivity index (χ0) is 32.4. The molecule has 0 atom stereocenters. The molecule has 17 nitrogen and oxygen atoms in total. The lowest BCUT2D eigenvalue weighted by atomic mass is 10.1. The minimum absolute atomic E-state index is 0.0366. The van der Waals surface area contributed by atoms with Crippen molar-refractivity contribution in [2.24, 2.45) is 5.73 Å². The average molecular weight is 626 g/mol. The highest BCUT2D eigenvalue weighted by molar-refractivity contribution is 6.04. The molecule has 17 heteroatoms. The van der Waals surface area contributed by atoms with Crippen LogP contribution in [0.5, 0.6) is 0 Å². The first-order valence-electron chi connectivity index (χ1n) is 14.5. The summed E-state index contributed by atoms with van der Waals surface area (Å²) < 4.78 is 2.89. The van der Waals surface area contributed by atoms with E-state index in [1.54, 1.807) is 21.6 Å². The minimum Gasteiger partial charge on any atom is -0.478 e. The first kappa shape index (κ1) is 30.1. The fourth-order valence-electron chi connectivity index (χ4n) is 5.06. The van der Waals surface area contributed by atoms with Crippen molar-refractivity contribution < 1.29 is 14.7 Å². The molecule has 0 saturated carbocycles. The van der Waals surface area contributed by atoms with Crippen LogP contribution in [-0.4, -0.2) is 90.4 Å². The highest BCUT2D eigenvalue weighted by atomic mass is 16.4. The summed E-state index contributed by atoms with van der Waals surface area (Å²) in [6, 6.07) is 11.1. The Kier molecular flexibility index (Phi) is 8.21. The Labute approximate surface area is 260 Å². The number of nitrogens with zero attached hydrogens (tertiary/aromatic N) is 10. The van der Waals surface area contributed by atoms with E-state index in [4.69, 9.17) is 10.8 Å². The molecular formula is C29H31N13O4. The predicted octanol–water partition coefficient (Wildman–Crippen LogP) is 1.99. The van der Waals surface area contributed by atoms with Crippen molar-refractivity contribution in [3.63, 3.8) is 0 Å². The third-order valence-electron chi connectivity index (χ3n) is 7.47. The van der Waals surface area contributed by atoms with Crippen LogP contribution in [0.4, 0.5) is 11.5 Å². The van der Waals surface area contributed by atoms with Gasteiger partial charge in [0.05, 0.1) is 17.2 Å². The first-order valence-corrected chi connectivity index (χ1v) is 14.5. The molecule has 1 aromatic carbocycles. The Bertz CT molecular complexity index is 2090. The Hall–Kier alpha value is -5.97. The number of nitrogens with one attached hydrogen (secondary N) is 2. The van der Waals surface area contributed by atoms with Gasteiger partial charge in [-0.05, 0) is 56.2 Å². The Morgan fingerprint density at radius 1 is 1.04 bits per heavy atom. The van der Waals surface area contributed by atoms with E-state index >= 15 is 0 Å². The predicted molar refractivity (Wildman–Crippen MR) is 166 cm³/mol. The first-order chi connectivity index (χ1) is 22.2. The van der Waals surface area contributed by atoms with Crippen LogP contribution in [0.3, 0.4) is 0 Å². The second-order valence-electron chi connectivity index (χ2n) is 10.9. The molecule has 0 radical (unpaired) electrons. The number of carboxylic acid groups (broad SMARTS) is 1. The summed E-state index contributed by atoms with van der Waals surface area (Å²) in [7, 11) is 0. The summed E-state index contributed by atoms with van der Waals surface area (Å²) in [4.78, 5) is 45.2. The van der Waals surface area contributed by atoms with Crippen molar-refractivity contribution in [2.45, 2.75) is 38.8 Å². The number of carbonyl (C=O) groups excluding carboxylic acids is 1. The molecule has 6 aromatic rings. The van der Waals surface area contributed by atoms with Gasteiger partial charge in [-0.2, -0.15) is 15.0 Å². The summed E-state index contributed by atoms with van der Waals surface area (Å²) in [5, 5.41) is 32.7. The van der Waals surface area contributed by atoms with Crippen LogP contribution in [0, 0.1) is 0 Å². The smallest absolute Gasteiger partial charge is 0.338 e. The van der Waals surface area contributed by atoms with Gasteiger partial charge >= 0.3 is 5.97 Å². The molecule has 0 bridgehead atoms. The van der Waals surface area contributed by atoms with E-state index in [1.165, 1.54) is 29.4 Å². The van der Waals surface area contributed by atoms with Gasteiger partial charge in [0.1, 0.15) is 23.7 Å². The number of hydrogen-bond donors (Lipinski definition) is 4. The molecule has 1 aliphatic heterocycles. The molecule has 46 heavy (non-hydrogen) atoms. The number of carboxylic acids is 1. The van der Waals surface area contributed by atoms with Crippen molar-refractivity contribution in [3.8, 4) is 11.4 Å². The van der Waals surface area contributed by atoms with E-state index in [9.17, 15) is 14.4 Å². The van der Waals surface area contributed by atoms with Gasteiger partial charge in [0.15, 0.2) is 5.82 Å². The van der Waals surface area contributed by atoms with Gasteiger partial charge in [0, 0.05) is 42.8 Å². The van der Waals surface area contributed by atoms with Crippen LogP contribution >= 0.6 is 0 Å². The maximum atomic E-state index is 13.2. The molecule has 1 amide bonds. The SMILES string of the molecule is CC(C)n1nnc(-c2cccc(Nc3ncnn4ccc(C(=O)N5CCC(N)CC5)c34)c2)n1.O=C(O)c1ccn2nc[nH]c(=O)c12. The normalized spacial score (nSPS) is 13.6. The van der Waals surface area contributed by atoms with Crippen molar-refractivity contribution in [1.82, 2.24) is 54.3 Å². The van der Waals surface area contributed by atoms with E-state index in [1.807, 2.05) is 43.0 Å². The number of tetrazole rings is 1. The van der Waals surface area contributed by atoms with Gasteiger partial charge in [-0.25, -0.2) is 18.8 Å². The van der Waals surface area contributed by atoms with Gasteiger partial charge in [-0.15, -0.1) is 10.2 Å². The molecule has 5 N–H and O–H groups in total. The van der Waals surface area contributed by atoms with Crippen LogP contribution in [0.25, 0.3) is 22.4 Å². The van der Waals surface area contributed by atoms with Crippen molar-refractivity contribution in [1.29, 1.82) is 0 Å². The highest BCUT2D eigenvalue weighted by Gasteiger charge is 2.25. The second-order valence-corrected chi connectivity index (χ2v) is 10.9. The second kappa shape index (κ2) is 12.6. The molecule has 6 heterocycles. The number of amides is 1. The summed E-state index contributed by atoms with van der Waals surface area (Å²) in [5.41, 5.74) is 8.35. The topological polar surface area (TPSA) is 220 Å². The Balaban J connectivity index is 0.000000238. The maximum absolute atomic E-state index is 13.2. The number of H-pyrrole nitrogens is 1. The summed E-state index contributed by atoms with van der Waals surface area (Å²) in [6.07, 6.45) is 7.48. The summed E-state index contributed by atoms with van der Waals surface area (Å²) in [6.45, 7) is 5.30. The zero-order valence-corrected chi connectivity index (χ0v) is 25.0. The lowest BCUT2D eigenvalue weighted by Gasteiger charge is -2.30. The number of likely N-dealkylation sites (tertiary alicyclic amines) is 1. The lowest BCUT2D eigenvalue weighted by Crippen LogP contribution is -2.42. The molecule has 0 aliphatic carbocycles. The molecular weight excluding hydrogens is 594 g/mol. The quantitative estimate of drug-likeness (QED) is 0.209. The monoisotopic (exact) mass is 625 g/mol. The number of hydrogen-bond acceptors (Lipinski definition) is 11. The fourth-order valence-corrected chi connectivity index (χ4v) is 5.06. The van der Waals surface area contributed by atoms with Gasteiger partial charge < -0.3 is 26.0 Å². The largest absolute Gasteiger partial charge is 0.478 e. The molecule has 7 rings (SSSR count). The van der Waals surface area contributed by atoms with Gasteiger partial charge in [0.2, 0.25) is 5.82 Å². The van der Waals surface area contributed by atoms with E-state index in [0.29, 0.717) is 35.8 Å². The molecule has 1 fully saturated rings. The van der Waals surface area contributed by atoms with Crippen LogP contribution < -0.4 is 16.6 Å². The van der Waals surface area contributed by atoms with Crippen molar-refractivity contribution >= 4 is 34.4 Å². The van der Waals surface area contributed by atoms with Crippen molar-refractivity contribution in [2.75, 3.05) is 18.4 Å². The van der Waals surface area contributed by atoms with E-state index in [-0.39, 0.29) is 29.1 Å². The number of anilines is 2. The number of rotatable bonds is 6. The number of aromatic carboxylic acids is 1. The average Bonchev–Trinajstić information content (AvgIpc) is 3.81. The molecule has 1 saturated heterocycles. The highest BCUT2D eigenvalue weighted by Crippen LogP contribution is 2.27. The number of benzene rings is 1. The van der Waals surface area contributed by atoms with E-state index < -0.39 is 11.5 Å². The van der Waals surface area contributed by atoms with Crippen LogP contribution in [0.2, 0.25) is 0 Å². The molecule has 0 spiro atoms. The number of carbonyl (C=O) groups is 2. The number of aromatic nitrogens is 10. The number of nitrogens with two attached hydrogens (primary N) is 1.